The Morgan fingerprint density at radius 3 is 2.47 bits per heavy atom. The lowest BCUT2D eigenvalue weighted by Gasteiger charge is -2.34. The second kappa shape index (κ2) is 24.3. The molecule has 0 aromatic carbocycles. The highest BCUT2D eigenvalue weighted by molar-refractivity contribution is 6.58. The molecule has 0 spiro atoms. The van der Waals surface area contributed by atoms with E-state index in [1.807, 2.05) is 90.3 Å². The molecule has 0 saturated heterocycles. The number of halogens is 2. The Morgan fingerprint density at radius 2 is 1.74 bits per heavy atom. The molecule has 7 atom stereocenters. The molecule has 68 heavy (non-hydrogen) atoms. The van der Waals surface area contributed by atoms with Crippen LogP contribution < -0.4 is 0 Å². The number of cyclic esters (lactones) is 1. The van der Waals surface area contributed by atoms with Gasteiger partial charge in [0, 0.05) is 73.8 Å². The molecule has 0 unspecified atom stereocenters. The molecule has 0 saturated carbocycles. The van der Waals surface area contributed by atoms with Crippen molar-refractivity contribution in [2.24, 2.45) is 11.8 Å². The zero-order valence-electron chi connectivity index (χ0n) is 41.8. The fraction of sp³-hybridized carbons (Fsp3) is 0.528. The molecule has 2 aromatic heterocycles. The number of carbonyl (C=O) groups is 2. The van der Waals surface area contributed by atoms with Crippen LogP contribution in [0, 0.1) is 25.7 Å². The van der Waals surface area contributed by atoms with E-state index < -0.39 is 31.3 Å². The molecule has 0 radical (unpaired) electrons. The van der Waals surface area contributed by atoms with Crippen molar-refractivity contribution < 1.29 is 47.5 Å². The van der Waals surface area contributed by atoms with Crippen LogP contribution in [0.4, 0.5) is 8.63 Å². The zero-order chi connectivity index (χ0) is 49.9. The van der Waals surface area contributed by atoms with Crippen LogP contribution in [0.5, 0.6) is 0 Å². The molecule has 15 heteroatoms. The van der Waals surface area contributed by atoms with E-state index in [4.69, 9.17) is 9.47 Å². The Kier molecular flexibility index (Phi) is 19.2. The lowest BCUT2D eigenvalue weighted by Crippen LogP contribution is -2.51. The minimum Gasteiger partial charge on any atom is -0.462 e. The van der Waals surface area contributed by atoms with Crippen LogP contribution >= 0.6 is 0 Å². The molecule has 3 aliphatic rings. The number of esters is 2. The maximum Gasteiger partial charge on any atom is 0.737 e. The number of fused-ring (bicyclic) bond motifs is 2. The van der Waals surface area contributed by atoms with Crippen LogP contribution in [0.15, 0.2) is 101 Å². The Morgan fingerprint density at radius 1 is 1.01 bits per heavy atom. The van der Waals surface area contributed by atoms with Gasteiger partial charge in [0.15, 0.2) is 5.70 Å². The third-order valence-electron chi connectivity index (χ3n) is 13.0. The average molecular weight is 942 g/mol. The van der Waals surface area contributed by atoms with Gasteiger partial charge >= 0.3 is 18.9 Å². The number of hydrogen-bond acceptors (Lipinski definition) is 9. The summed E-state index contributed by atoms with van der Waals surface area (Å²) in [6.45, 7) is 15.2. The molecule has 370 valence electrons. The first-order chi connectivity index (χ1) is 32.2. The van der Waals surface area contributed by atoms with Crippen LogP contribution in [-0.2, 0) is 32.0 Å². The number of hydrogen-bond donors (Lipinski definition) is 3. The smallest absolute Gasteiger partial charge is 0.462 e. The van der Waals surface area contributed by atoms with E-state index in [1.54, 1.807) is 37.6 Å². The van der Waals surface area contributed by atoms with Gasteiger partial charge in [-0.05, 0) is 117 Å². The molecule has 0 aliphatic carbocycles. The van der Waals surface area contributed by atoms with Crippen LogP contribution in [0.3, 0.4) is 0 Å². The van der Waals surface area contributed by atoms with Crippen LogP contribution in [-0.4, -0.2) is 94.4 Å². The first kappa shape index (κ1) is 53.7. The topological polar surface area (TPSA) is 152 Å². The third-order valence-corrected chi connectivity index (χ3v) is 13.0. The standard InChI is InChI=1S/C53H74BF2N5O7/c1-34(17-15-18-35(2)28-46(63)47(64)31-43(10)62)27-36(3)25-26-51(66)67-48-23-16-24-50(65)68-49(22-14-11-19-37(48)4)40(7)32-59-33-44(57-58-59)20-12-13-21-45-52-38(5)29-41(8)60(52)54(55,56)61-42(9)30-39(6)53(45)61/h11,14-15,17-18,25-30,33,37,40,43,46-49,62-64H,12-13,16,19-24,31-32H2,1-10H3/b14-11+,18-15+,26-25+,34-17+,35-28+,36-27+/t37-,40-,43-,46-,47-,48-,49+/m0/s1. The van der Waals surface area contributed by atoms with Crippen molar-refractivity contribution in [3.8, 4) is 0 Å². The SMILES string of the molecule is CC1=CC(C)=[N+]2C1=C(CCCCc1cn(C[C@H](C)[C@H]3C/C=C/C[C@H](C)[C@@H](OC(=O)/C=C/C(C)=C/C(C)=C/C=C/C(C)=C/[C@H](O)[C@@H](O)C[C@H](C)O)CCCC(=O)O3)nn1)c1c(C)cc(C)n1[B-]2(F)F. The summed E-state index contributed by atoms with van der Waals surface area (Å²) in [6.07, 6.45) is 22.0. The van der Waals surface area contributed by atoms with Crippen molar-refractivity contribution in [1.82, 2.24) is 19.5 Å². The summed E-state index contributed by atoms with van der Waals surface area (Å²) in [5.41, 5.74) is 8.54. The molecule has 3 aliphatic heterocycles. The number of aliphatic hydroxyl groups excluding tert-OH is 3. The fourth-order valence-electron chi connectivity index (χ4n) is 9.57. The summed E-state index contributed by atoms with van der Waals surface area (Å²) in [4.78, 5) is 26.1. The Hall–Kier alpha value is -5.25. The number of aromatic nitrogens is 4. The second-order valence-corrected chi connectivity index (χ2v) is 19.4. The van der Waals surface area contributed by atoms with Gasteiger partial charge in [-0.2, -0.15) is 0 Å². The number of allylic oxidation sites excluding steroid dienone is 12. The molecule has 0 fully saturated rings. The molecule has 0 amide bonds. The predicted octanol–water partition coefficient (Wildman–Crippen LogP) is 9.55. The van der Waals surface area contributed by atoms with Gasteiger partial charge in [0.25, 0.3) is 0 Å². The number of nitrogens with zero attached hydrogens (tertiary/aromatic N) is 5. The summed E-state index contributed by atoms with van der Waals surface area (Å²) in [7, 11) is 0. The summed E-state index contributed by atoms with van der Waals surface area (Å²) in [5, 5.41) is 38.4. The van der Waals surface area contributed by atoms with Crippen molar-refractivity contribution in [3.05, 3.63) is 124 Å². The summed E-state index contributed by atoms with van der Waals surface area (Å²) in [6, 6.07) is 1.86. The second-order valence-electron chi connectivity index (χ2n) is 19.4. The van der Waals surface area contributed by atoms with E-state index in [-0.39, 0.29) is 42.9 Å². The van der Waals surface area contributed by atoms with E-state index >= 15 is 8.63 Å². The lowest BCUT2D eigenvalue weighted by molar-refractivity contribution is -0.363. The van der Waals surface area contributed by atoms with Crippen LogP contribution in [0.25, 0.3) is 5.57 Å². The maximum atomic E-state index is 16.0. The van der Waals surface area contributed by atoms with E-state index in [1.165, 1.54) is 15.0 Å². The first-order valence-corrected chi connectivity index (χ1v) is 24.3. The van der Waals surface area contributed by atoms with E-state index in [2.05, 4.69) is 23.3 Å². The van der Waals surface area contributed by atoms with Gasteiger partial charge in [-0.1, -0.05) is 84.4 Å². The maximum absolute atomic E-state index is 16.0. The number of ether oxygens (including phenoxy) is 2. The normalized spacial score (nSPS) is 23.2. The number of unbranched alkanes of at least 4 members (excludes halogenated alkanes) is 1. The van der Waals surface area contributed by atoms with Crippen molar-refractivity contribution in [3.63, 3.8) is 0 Å². The molecule has 12 nitrogen and oxygen atoms in total. The van der Waals surface area contributed by atoms with Gasteiger partial charge in [0.1, 0.15) is 17.9 Å². The van der Waals surface area contributed by atoms with Crippen molar-refractivity contribution in [1.29, 1.82) is 0 Å². The lowest BCUT2D eigenvalue weighted by atomic mass is 9.84. The van der Waals surface area contributed by atoms with Crippen LogP contribution in [0.1, 0.15) is 136 Å². The van der Waals surface area contributed by atoms with Crippen molar-refractivity contribution in [2.75, 3.05) is 0 Å². The summed E-state index contributed by atoms with van der Waals surface area (Å²) >= 11 is 0. The highest BCUT2D eigenvalue weighted by Gasteiger charge is 2.54. The Balaban J connectivity index is 1.09. The molecular formula is C53H74BF2N5O7. The first-order valence-electron chi connectivity index (χ1n) is 24.3. The quantitative estimate of drug-likeness (QED) is 0.0332. The molecular weight excluding hydrogens is 867 g/mol. The number of rotatable bonds is 18. The molecule has 3 N–H and O–H groups in total. The predicted molar refractivity (Wildman–Crippen MR) is 265 cm³/mol. The molecule has 5 heterocycles. The molecule has 2 aromatic rings. The van der Waals surface area contributed by atoms with Crippen molar-refractivity contribution >= 4 is 30.2 Å². The highest BCUT2D eigenvalue weighted by Crippen LogP contribution is 2.43. The fourth-order valence-corrected chi connectivity index (χ4v) is 9.57. The van der Waals surface area contributed by atoms with E-state index in [0.29, 0.717) is 67.9 Å². The highest BCUT2D eigenvalue weighted by atomic mass is 19.2. The minimum absolute atomic E-state index is 0.0311. The monoisotopic (exact) mass is 942 g/mol. The van der Waals surface area contributed by atoms with Gasteiger partial charge in [0.2, 0.25) is 0 Å². The van der Waals surface area contributed by atoms with Gasteiger partial charge < -0.3 is 42.4 Å². The van der Waals surface area contributed by atoms with Gasteiger partial charge in [-0.3, -0.25) is 9.48 Å². The van der Waals surface area contributed by atoms with Gasteiger partial charge in [0.05, 0.1) is 24.0 Å². The average Bonchev–Trinajstić information content (AvgIpc) is 3.93. The van der Waals surface area contributed by atoms with E-state index in [0.717, 1.165) is 52.0 Å². The van der Waals surface area contributed by atoms with Crippen LogP contribution in [0.2, 0.25) is 0 Å². The summed E-state index contributed by atoms with van der Waals surface area (Å²) < 4.78 is 48.2. The van der Waals surface area contributed by atoms with Gasteiger partial charge in [-0.15, -0.1) is 5.10 Å². The Bertz CT molecular complexity index is 2410. The molecule has 5 rings (SSSR count). The van der Waals surface area contributed by atoms with Crippen molar-refractivity contribution in [2.45, 2.75) is 171 Å². The van der Waals surface area contributed by atoms with E-state index in [9.17, 15) is 24.9 Å². The molecule has 0 bridgehead atoms. The largest absolute Gasteiger partial charge is 0.737 e. The number of aryl methyl sites for hydroxylation is 3. The third kappa shape index (κ3) is 14.4. The zero-order valence-corrected chi connectivity index (χ0v) is 41.8. The summed E-state index contributed by atoms with van der Waals surface area (Å²) in [5.74, 6) is -0.760. The number of carbonyl (C=O) groups excluding carboxylic acids is 2. The Labute approximate surface area is 401 Å². The van der Waals surface area contributed by atoms with Gasteiger partial charge in [-0.25, -0.2) is 4.79 Å². The number of aliphatic hydroxyl groups is 3. The minimum atomic E-state index is -3.98.